The van der Waals surface area contributed by atoms with Crippen LogP contribution >= 0.6 is 11.6 Å². The fraction of sp³-hybridized carbons (Fsp3) is 0.438. The zero-order valence-corrected chi connectivity index (χ0v) is 14.5. The number of hydrogen-bond acceptors (Lipinski definition) is 4. The summed E-state index contributed by atoms with van der Waals surface area (Å²) in [6.07, 6.45) is 4.53. The summed E-state index contributed by atoms with van der Waals surface area (Å²) in [5.41, 5.74) is 1.15. The quantitative estimate of drug-likeness (QED) is 0.685. The van der Waals surface area contributed by atoms with Crippen LogP contribution in [0.15, 0.2) is 25.2 Å². The maximum absolute atomic E-state index is 11.9. The van der Waals surface area contributed by atoms with E-state index in [0.717, 1.165) is 16.6 Å². The van der Waals surface area contributed by atoms with Crippen molar-refractivity contribution in [2.45, 2.75) is 45.9 Å². The normalized spacial score (nSPS) is 12.9. The van der Waals surface area contributed by atoms with Crippen LogP contribution in [0.25, 0.3) is 11.0 Å². The van der Waals surface area contributed by atoms with Gasteiger partial charge in [0.1, 0.15) is 22.7 Å². The molecule has 0 aliphatic carbocycles. The van der Waals surface area contributed by atoms with Crippen LogP contribution in [-0.2, 0) is 11.3 Å². The van der Waals surface area contributed by atoms with Crippen molar-refractivity contribution in [2.24, 2.45) is 0 Å². The number of carbonyl (C=O) groups excluding carboxylic acids is 1. The van der Waals surface area contributed by atoms with Crippen LogP contribution in [-0.4, -0.2) is 32.3 Å². The third-order valence-electron chi connectivity index (χ3n) is 3.18. The minimum Gasteiger partial charge on any atom is -0.444 e. The van der Waals surface area contributed by atoms with Gasteiger partial charge in [-0.2, -0.15) is 0 Å². The molecule has 0 bridgehead atoms. The van der Waals surface area contributed by atoms with Crippen molar-refractivity contribution in [3.8, 4) is 0 Å². The van der Waals surface area contributed by atoms with E-state index in [1.807, 2.05) is 38.5 Å². The minimum atomic E-state index is -0.548. The summed E-state index contributed by atoms with van der Waals surface area (Å²) in [7, 11) is 0. The predicted octanol–water partition coefficient (Wildman–Crippen LogP) is 3.47. The van der Waals surface area contributed by atoms with Crippen molar-refractivity contribution in [3.05, 3.63) is 35.9 Å². The molecule has 2 rings (SSSR count). The zero-order chi connectivity index (χ0) is 17.2. The van der Waals surface area contributed by atoms with Crippen molar-refractivity contribution in [1.29, 1.82) is 0 Å². The molecule has 1 amide bonds. The van der Waals surface area contributed by atoms with Gasteiger partial charge in [0.25, 0.3) is 0 Å². The first-order valence-corrected chi connectivity index (χ1v) is 7.67. The van der Waals surface area contributed by atoms with Crippen LogP contribution in [0.3, 0.4) is 0 Å². The van der Waals surface area contributed by atoms with Gasteiger partial charge in [-0.1, -0.05) is 17.7 Å². The average molecular weight is 337 g/mol. The van der Waals surface area contributed by atoms with E-state index in [4.69, 9.17) is 16.3 Å². The van der Waals surface area contributed by atoms with Gasteiger partial charge in [0, 0.05) is 12.7 Å². The maximum Gasteiger partial charge on any atom is 0.408 e. The van der Waals surface area contributed by atoms with Gasteiger partial charge in [0.05, 0.1) is 11.4 Å². The second-order valence-electron chi connectivity index (χ2n) is 6.32. The van der Waals surface area contributed by atoms with Crippen molar-refractivity contribution in [2.75, 3.05) is 0 Å². The number of ether oxygens (including phenoxy) is 1. The van der Waals surface area contributed by atoms with E-state index >= 15 is 0 Å². The van der Waals surface area contributed by atoms with Crippen molar-refractivity contribution in [1.82, 2.24) is 19.9 Å². The largest absolute Gasteiger partial charge is 0.444 e. The maximum atomic E-state index is 11.9. The smallest absolute Gasteiger partial charge is 0.408 e. The topological polar surface area (TPSA) is 69.0 Å². The van der Waals surface area contributed by atoms with Crippen LogP contribution in [0.4, 0.5) is 4.79 Å². The summed E-state index contributed by atoms with van der Waals surface area (Å²) >= 11 is 6.13. The molecule has 0 aromatic carbocycles. The second-order valence-corrected chi connectivity index (χ2v) is 6.67. The van der Waals surface area contributed by atoms with Crippen LogP contribution in [0.2, 0.25) is 5.15 Å². The molecule has 2 aromatic rings. The highest BCUT2D eigenvalue weighted by Crippen LogP contribution is 2.24. The van der Waals surface area contributed by atoms with Gasteiger partial charge in [-0.3, -0.25) is 0 Å². The van der Waals surface area contributed by atoms with E-state index in [-0.39, 0.29) is 6.04 Å². The lowest BCUT2D eigenvalue weighted by Crippen LogP contribution is -2.40. The summed E-state index contributed by atoms with van der Waals surface area (Å²) in [4.78, 5) is 20.2. The summed E-state index contributed by atoms with van der Waals surface area (Å²) in [6.45, 7) is 11.6. The predicted molar refractivity (Wildman–Crippen MR) is 90.6 cm³/mol. The number of aryl methyl sites for hydroxylation is 1. The van der Waals surface area contributed by atoms with Gasteiger partial charge < -0.3 is 14.6 Å². The number of alkyl carbamates (subject to hydrolysis) is 1. The molecule has 0 saturated heterocycles. The molecule has 2 heterocycles. The number of nitrogens with zero attached hydrogens (tertiary/aromatic N) is 3. The van der Waals surface area contributed by atoms with Crippen LogP contribution in [0.5, 0.6) is 0 Å². The molecular weight excluding hydrogens is 316 g/mol. The Hall–Kier alpha value is -2.08. The Kier molecular flexibility index (Phi) is 4.94. The fourth-order valence-corrected chi connectivity index (χ4v) is 2.54. The molecule has 0 saturated carbocycles. The first-order chi connectivity index (χ1) is 10.7. The summed E-state index contributed by atoms with van der Waals surface area (Å²) < 4.78 is 7.18. The Balaban J connectivity index is 2.18. The molecule has 0 unspecified atom stereocenters. The molecule has 23 heavy (non-hydrogen) atoms. The summed E-state index contributed by atoms with van der Waals surface area (Å²) in [5, 5.41) is 4.02. The highest BCUT2D eigenvalue weighted by atomic mass is 35.5. The van der Waals surface area contributed by atoms with Crippen LogP contribution in [0.1, 0.15) is 26.3 Å². The van der Waals surface area contributed by atoms with E-state index in [1.54, 1.807) is 6.08 Å². The Labute approximate surface area is 140 Å². The second kappa shape index (κ2) is 6.58. The third kappa shape index (κ3) is 4.22. The number of amides is 1. The zero-order valence-electron chi connectivity index (χ0n) is 13.8. The van der Waals surface area contributed by atoms with E-state index < -0.39 is 11.7 Å². The number of halogens is 1. The van der Waals surface area contributed by atoms with Gasteiger partial charge in [-0.05, 0) is 33.3 Å². The molecule has 0 spiro atoms. The van der Waals surface area contributed by atoms with Gasteiger partial charge in [0.15, 0.2) is 0 Å². The minimum absolute atomic E-state index is 0.298. The SMILES string of the molecule is C=C[C@H](Cn1cc(C)c2c(Cl)ncnc21)NC(=O)OC(C)(C)C. The molecule has 0 aliphatic rings. The Bertz CT molecular complexity index is 733. The molecule has 2 aromatic heterocycles. The lowest BCUT2D eigenvalue weighted by molar-refractivity contribution is 0.0511. The summed E-state index contributed by atoms with van der Waals surface area (Å²) in [6, 6.07) is -0.298. The molecule has 6 nitrogen and oxygen atoms in total. The molecule has 1 N–H and O–H groups in total. The van der Waals surface area contributed by atoms with Gasteiger partial charge >= 0.3 is 6.09 Å². The standard InChI is InChI=1S/C16H21ClN4O2/c1-6-11(20-15(22)23-16(3,4)5)8-21-7-10(2)12-13(17)18-9-19-14(12)21/h6-7,9,11H,1,8H2,2-5H3,(H,20,22)/t11-/m1/s1. The Morgan fingerprint density at radius 1 is 1.52 bits per heavy atom. The first kappa shape index (κ1) is 17.3. The monoisotopic (exact) mass is 336 g/mol. The number of rotatable bonds is 4. The molecule has 0 aliphatic heterocycles. The van der Waals surface area contributed by atoms with Crippen LogP contribution < -0.4 is 5.32 Å². The van der Waals surface area contributed by atoms with Crippen LogP contribution in [0, 0.1) is 6.92 Å². The molecule has 1 atom stereocenters. The Morgan fingerprint density at radius 2 is 2.22 bits per heavy atom. The van der Waals surface area contributed by atoms with Crippen molar-refractivity contribution >= 4 is 28.7 Å². The Morgan fingerprint density at radius 3 is 2.83 bits per heavy atom. The highest BCUT2D eigenvalue weighted by Gasteiger charge is 2.19. The highest BCUT2D eigenvalue weighted by molar-refractivity contribution is 6.34. The summed E-state index contributed by atoms with van der Waals surface area (Å²) in [5.74, 6) is 0. The van der Waals surface area contributed by atoms with E-state index in [2.05, 4.69) is 21.9 Å². The number of hydrogen-bond donors (Lipinski definition) is 1. The lowest BCUT2D eigenvalue weighted by Gasteiger charge is -2.22. The molecule has 0 radical (unpaired) electrons. The molecular formula is C16H21ClN4O2. The van der Waals surface area contributed by atoms with Gasteiger partial charge in [0.2, 0.25) is 0 Å². The van der Waals surface area contributed by atoms with Crippen molar-refractivity contribution < 1.29 is 9.53 Å². The number of fused-ring (bicyclic) bond motifs is 1. The number of aromatic nitrogens is 3. The number of nitrogens with one attached hydrogen (secondary N) is 1. The average Bonchev–Trinajstić information content (AvgIpc) is 2.73. The van der Waals surface area contributed by atoms with E-state index in [9.17, 15) is 4.79 Å². The number of carbonyl (C=O) groups is 1. The molecule has 0 fully saturated rings. The fourth-order valence-electron chi connectivity index (χ4n) is 2.26. The first-order valence-electron chi connectivity index (χ1n) is 7.29. The van der Waals surface area contributed by atoms with Gasteiger partial charge in [-0.15, -0.1) is 6.58 Å². The van der Waals surface area contributed by atoms with E-state index in [0.29, 0.717) is 11.7 Å². The molecule has 124 valence electrons. The van der Waals surface area contributed by atoms with Crippen molar-refractivity contribution in [3.63, 3.8) is 0 Å². The van der Waals surface area contributed by atoms with E-state index in [1.165, 1.54) is 6.33 Å². The lowest BCUT2D eigenvalue weighted by atomic mass is 10.2. The third-order valence-corrected chi connectivity index (χ3v) is 3.46. The molecule has 7 heteroatoms. The van der Waals surface area contributed by atoms with Gasteiger partial charge in [-0.25, -0.2) is 14.8 Å².